The van der Waals surface area contributed by atoms with Gasteiger partial charge in [0.1, 0.15) is 5.82 Å². The van der Waals surface area contributed by atoms with Gasteiger partial charge in [0.15, 0.2) is 0 Å². The lowest BCUT2D eigenvalue weighted by Gasteiger charge is -2.30. The summed E-state index contributed by atoms with van der Waals surface area (Å²) in [4.78, 5) is 11.2. The first-order valence-corrected chi connectivity index (χ1v) is 9.36. The maximum Gasteiger partial charge on any atom is 0.229 e. The molecule has 138 valence electrons. The topological polar surface area (TPSA) is 61.3 Å². The van der Waals surface area contributed by atoms with Gasteiger partial charge < -0.3 is 15.3 Å². The van der Waals surface area contributed by atoms with Crippen LogP contribution in [0.4, 0.5) is 17.5 Å². The van der Waals surface area contributed by atoms with Crippen molar-refractivity contribution < 1.29 is 5.11 Å². The fourth-order valence-electron chi connectivity index (χ4n) is 3.31. The highest BCUT2D eigenvalue weighted by atomic mass is 35.5. The highest BCUT2D eigenvalue weighted by Gasteiger charge is 2.19. The zero-order valence-electron chi connectivity index (χ0n) is 15.1. The van der Waals surface area contributed by atoms with Crippen molar-refractivity contribution in [3.05, 3.63) is 76.4 Å². The lowest BCUT2D eigenvalue weighted by Crippen LogP contribution is -2.31. The number of hydrogen-bond acceptors (Lipinski definition) is 5. The third-order valence-corrected chi connectivity index (χ3v) is 5.01. The minimum absolute atomic E-state index is 0.435. The Labute approximate surface area is 163 Å². The van der Waals surface area contributed by atoms with Crippen molar-refractivity contribution in [1.82, 2.24) is 9.97 Å². The van der Waals surface area contributed by atoms with Crippen LogP contribution in [-0.4, -0.2) is 21.6 Å². The van der Waals surface area contributed by atoms with Crippen LogP contribution >= 0.6 is 11.6 Å². The number of fused-ring (bicyclic) bond motifs is 1. The van der Waals surface area contributed by atoms with E-state index >= 15 is 0 Å². The van der Waals surface area contributed by atoms with Crippen LogP contribution in [0.3, 0.4) is 0 Å². The molecule has 0 amide bonds. The van der Waals surface area contributed by atoms with Gasteiger partial charge in [0.2, 0.25) is 5.95 Å². The second-order valence-corrected chi connectivity index (χ2v) is 7.19. The molecule has 1 atom stereocenters. The highest BCUT2D eigenvalue weighted by Crippen LogP contribution is 2.26. The van der Waals surface area contributed by atoms with Gasteiger partial charge in [-0.2, -0.15) is 4.98 Å². The summed E-state index contributed by atoms with van der Waals surface area (Å²) in [5, 5.41) is 13.7. The fraction of sp³-hybridized carbons (Fsp3) is 0.238. The van der Waals surface area contributed by atoms with Crippen LogP contribution in [0, 0.1) is 0 Å². The maximum atomic E-state index is 9.78. The van der Waals surface area contributed by atoms with Crippen molar-refractivity contribution >= 4 is 29.1 Å². The van der Waals surface area contributed by atoms with Gasteiger partial charge in [-0.3, -0.25) is 0 Å². The molecule has 4 rings (SSSR count). The van der Waals surface area contributed by atoms with E-state index < -0.39 is 6.10 Å². The molecule has 3 aromatic rings. The molecule has 0 spiro atoms. The lowest BCUT2D eigenvalue weighted by molar-refractivity contribution is 0.199. The van der Waals surface area contributed by atoms with E-state index in [-0.39, 0.29) is 0 Å². The zero-order chi connectivity index (χ0) is 18.8. The SMILES string of the molecule is C[C@H](O)c1ccc2c(c1)CCN(c1ccnc(Nc3cccc(Cl)c3)n1)C2. The highest BCUT2D eigenvalue weighted by molar-refractivity contribution is 6.30. The van der Waals surface area contributed by atoms with Crippen molar-refractivity contribution in [2.45, 2.75) is 26.0 Å². The number of rotatable bonds is 4. The van der Waals surface area contributed by atoms with Crippen molar-refractivity contribution in [1.29, 1.82) is 0 Å². The standard InChI is InChI=1S/C21H21ClN4O/c1-14(27)15-5-6-17-13-26(10-8-16(17)11-15)20-7-9-23-21(25-20)24-19-4-2-3-18(22)12-19/h2-7,9,11-12,14,27H,8,10,13H2,1H3,(H,23,24,25)/t14-/m0/s1. The van der Waals surface area contributed by atoms with Crippen LogP contribution in [0.1, 0.15) is 29.7 Å². The Hall–Kier alpha value is -2.63. The lowest BCUT2D eigenvalue weighted by atomic mass is 9.96. The van der Waals surface area contributed by atoms with Gasteiger partial charge in [-0.1, -0.05) is 35.9 Å². The molecule has 1 aromatic heterocycles. The largest absolute Gasteiger partial charge is 0.389 e. The van der Waals surface area contributed by atoms with Crippen LogP contribution < -0.4 is 10.2 Å². The van der Waals surface area contributed by atoms with Crippen LogP contribution in [0.2, 0.25) is 5.02 Å². The summed E-state index contributed by atoms with van der Waals surface area (Å²) in [5.74, 6) is 1.43. The Morgan fingerprint density at radius 2 is 2.04 bits per heavy atom. The normalized spacial score (nSPS) is 14.6. The van der Waals surface area contributed by atoms with Gasteiger partial charge in [0, 0.05) is 30.0 Å². The number of aromatic nitrogens is 2. The Morgan fingerprint density at radius 1 is 1.15 bits per heavy atom. The molecule has 2 N–H and O–H groups in total. The molecule has 2 heterocycles. The minimum Gasteiger partial charge on any atom is -0.389 e. The zero-order valence-corrected chi connectivity index (χ0v) is 15.8. The fourth-order valence-corrected chi connectivity index (χ4v) is 3.50. The molecule has 0 bridgehead atoms. The molecule has 0 saturated heterocycles. The molecule has 27 heavy (non-hydrogen) atoms. The van der Waals surface area contributed by atoms with E-state index in [1.165, 1.54) is 11.1 Å². The van der Waals surface area contributed by atoms with Crippen LogP contribution in [-0.2, 0) is 13.0 Å². The summed E-state index contributed by atoms with van der Waals surface area (Å²) in [6, 6.07) is 15.6. The third-order valence-electron chi connectivity index (χ3n) is 4.77. The Bertz CT molecular complexity index is 960. The summed E-state index contributed by atoms with van der Waals surface area (Å²) in [6.07, 6.45) is 2.26. The molecule has 0 fully saturated rings. The second-order valence-electron chi connectivity index (χ2n) is 6.75. The number of anilines is 3. The van der Waals surface area contributed by atoms with Crippen molar-refractivity contribution in [2.24, 2.45) is 0 Å². The number of aliphatic hydroxyl groups is 1. The van der Waals surface area contributed by atoms with Crippen molar-refractivity contribution in [2.75, 3.05) is 16.8 Å². The molecule has 5 nitrogen and oxygen atoms in total. The quantitative estimate of drug-likeness (QED) is 0.698. The molecule has 0 aliphatic carbocycles. The number of hydrogen-bond donors (Lipinski definition) is 2. The van der Waals surface area contributed by atoms with Gasteiger partial charge in [0.25, 0.3) is 0 Å². The number of nitrogens with one attached hydrogen (secondary N) is 1. The molecule has 1 aliphatic heterocycles. The Morgan fingerprint density at radius 3 is 2.85 bits per heavy atom. The van der Waals surface area contributed by atoms with E-state index in [0.717, 1.165) is 36.6 Å². The summed E-state index contributed by atoms with van der Waals surface area (Å²) >= 11 is 6.04. The van der Waals surface area contributed by atoms with Gasteiger partial charge in [-0.25, -0.2) is 4.98 Å². The van der Waals surface area contributed by atoms with Gasteiger partial charge in [-0.15, -0.1) is 0 Å². The van der Waals surface area contributed by atoms with Crippen LogP contribution in [0.25, 0.3) is 0 Å². The maximum absolute atomic E-state index is 9.78. The average Bonchev–Trinajstić information content (AvgIpc) is 2.67. The van der Waals surface area contributed by atoms with Crippen LogP contribution in [0.15, 0.2) is 54.7 Å². The van der Waals surface area contributed by atoms with E-state index in [0.29, 0.717) is 11.0 Å². The van der Waals surface area contributed by atoms with Crippen molar-refractivity contribution in [3.8, 4) is 0 Å². The molecule has 6 heteroatoms. The third kappa shape index (κ3) is 4.04. The van der Waals surface area contributed by atoms with Crippen molar-refractivity contribution in [3.63, 3.8) is 0 Å². The molecule has 2 aromatic carbocycles. The average molecular weight is 381 g/mol. The smallest absolute Gasteiger partial charge is 0.229 e. The van der Waals surface area contributed by atoms with E-state index in [9.17, 15) is 5.11 Å². The number of benzene rings is 2. The van der Waals surface area contributed by atoms with Crippen LogP contribution in [0.5, 0.6) is 0 Å². The monoisotopic (exact) mass is 380 g/mol. The van der Waals surface area contributed by atoms with Gasteiger partial charge in [0.05, 0.1) is 6.10 Å². The van der Waals surface area contributed by atoms with E-state index in [1.807, 2.05) is 36.4 Å². The predicted molar refractivity (Wildman–Crippen MR) is 109 cm³/mol. The molecule has 0 unspecified atom stereocenters. The summed E-state index contributed by atoms with van der Waals surface area (Å²) < 4.78 is 0. The number of aliphatic hydroxyl groups excluding tert-OH is 1. The second kappa shape index (κ2) is 7.55. The molecule has 0 radical (unpaired) electrons. The Balaban J connectivity index is 1.52. The van der Waals surface area contributed by atoms with E-state index in [1.54, 1.807) is 13.1 Å². The number of nitrogens with zero attached hydrogens (tertiary/aromatic N) is 3. The first-order valence-electron chi connectivity index (χ1n) is 8.99. The molecular weight excluding hydrogens is 360 g/mol. The molecular formula is C21H21ClN4O. The summed E-state index contributed by atoms with van der Waals surface area (Å²) in [7, 11) is 0. The number of halogens is 1. The van der Waals surface area contributed by atoms with Gasteiger partial charge in [-0.05, 0) is 54.3 Å². The molecule has 1 aliphatic rings. The summed E-state index contributed by atoms with van der Waals surface area (Å²) in [5.41, 5.74) is 4.40. The van der Waals surface area contributed by atoms with Gasteiger partial charge >= 0.3 is 0 Å². The first kappa shape index (κ1) is 17.8. The predicted octanol–water partition coefficient (Wildman–Crippen LogP) is 4.49. The summed E-state index contributed by atoms with van der Waals surface area (Å²) in [6.45, 7) is 3.47. The molecule has 0 saturated carbocycles. The first-order chi connectivity index (χ1) is 13.1. The van der Waals surface area contributed by atoms with E-state index in [4.69, 9.17) is 11.6 Å². The minimum atomic E-state index is -0.435. The Kier molecular flexibility index (Phi) is 4.97. The van der Waals surface area contributed by atoms with E-state index in [2.05, 4.69) is 32.3 Å².